The number of methoxy groups -OCH3 is 1. The summed E-state index contributed by atoms with van der Waals surface area (Å²) in [6.07, 6.45) is 0. The number of anilines is 1. The van der Waals surface area contributed by atoms with Crippen LogP contribution in [0.3, 0.4) is 0 Å². The van der Waals surface area contributed by atoms with Gasteiger partial charge in [-0.05, 0) is 54.6 Å². The predicted octanol–water partition coefficient (Wildman–Crippen LogP) is 3.39. The SMILES string of the molecule is COc1ccc(NC(=O)c2ccc(Oc3ccccc3)cc2)cc1S(N)(=O)=O. The Hall–Kier alpha value is -3.36. The monoisotopic (exact) mass is 398 g/mol. The fourth-order valence-electron chi connectivity index (χ4n) is 2.48. The maximum absolute atomic E-state index is 12.4. The zero-order valence-electron chi connectivity index (χ0n) is 15.0. The first-order chi connectivity index (χ1) is 13.4. The van der Waals surface area contributed by atoms with E-state index in [0.717, 1.165) is 0 Å². The van der Waals surface area contributed by atoms with Gasteiger partial charge in [-0.2, -0.15) is 0 Å². The van der Waals surface area contributed by atoms with Crippen LogP contribution < -0.4 is 19.9 Å². The number of ether oxygens (including phenoxy) is 2. The number of hydrogen-bond acceptors (Lipinski definition) is 5. The van der Waals surface area contributed by atoms with Gasteiger partial charge < -0.3 is 14.8 Å². The van der Waals surface area contributed by atoms with Gasteiger partial charge in [0.15, 0.2) is 0 Å². The van der Waals surface area contributed by atoms with Crippen molar-refractivity contribution in [1.29, 1.82) is 0 Å². The number of amides is 1. The zero-order valence-corrected chi connectivity index (χ0v) is 15.8. The van der Waals surface area contributed by atoms with Crippen LogP contribution in [0.1, 0.15) is 10.4 Å². The summed E-state index contributed by atoms with van der Waals surface area (Å²) in [4.78, 5) is 12.2. The maximum atomic E-state index is 12.4. The van der Waals surface area contributed by atoms with Gasteiger partial charge in [0.1, 0.15) is 22.1 Å². The van der Waals surface area contributed by atoms with E-state index in [4.69, 9.17) is 14.6 Å². The first-order valence-corrected chi connectivity index (χ1v) is 9.76. The highest BCUT2D eigenvalue weighted by Gasteiger charge is 2.16. The van der Waals surface area contributed by atoms with Crippen molar-refractivity contribution < 1.29 is 22.7 Å². The van der Waals surface area contributed by atoms with Crippen molar-refractivity contribution in [2.75, 3.05) is 12.4 Å². The molecule has 8 heteroatoms. The van der Waals surface area contributed by atoms with Crippen molar-refractivity contribution >= 4 is 21.6 Å². The molecule has 28 heavy (non-hydrogen) atoms. The van der Waals surface area contributed by atoms with Crippen LogP contribution in [0.25, 0.3) is 0 Å². The summed E-state index contributed by atoms with van der Waals surface area (Å²) in [5.74, 6) is 0.969. The molecule has 3 N–H and O–H groups in total. The van der Waals surface area contributed by atoms with Gasteiger partial charge in [-0.3, -0.25) is 4.79 Å². The lowest BCUT2D eigenvalue weighted by atomic mass is 10.2. The first kappa shape index (κ1) is 19.4. The summed E-state index contributed by atoms with van der Waals surface area (Å²) in [6, 6.07) is 20.0. The van der Waals surface area contributed by atoms with E-state index in [-0.39, 0.29) is 16.3 Å². The number of nitrogens with two attached hydrogens (primary N) is 1. The number of carbonyl (C=O) groups is 1. The number of hydrogen-bond donors (Lipinski definition) is 2. The first-order valence-electron chi connectivity index (χ1n) is 8.22. The average molecular weight is 398 g/mol. The van der Waals surface area contributed by atoms with Crippen LogP contribution >= 0.6 is 0 Å². The third-order valence-corrected chi connectivity index (χ3v) is 4.76. The quantitative estimate of drug-likeness (QED) is 0.662. The van der Waals surface area contributed by atoms with Gasteiger partial charge in [0, 0.05) is 11.3 Å². The van der Waals surface area contributed by atoms with Crippen molar-refractivity contribution in [3.63, 3.8) is 0 Å². The minimum Gasteiger partial charge on any atom is -0.495 e. The van der Waals surface area contributed by atoms with E-state index in [0.29, 0.717) is 17.1 Å². The number of para-hydroxylation sites is 1. The van der Waals surface area contributed by atoms with Crippen LogP contribution in [0.15, 0.2) is 77.7 Å². The van der Waals surface area contributed by atoms with Gasteiger partial charge in [0.25, 0.3) is 5.91 Å². The molecule has 0 aliphatic carbocycles. The highest BCUT2D eigenvalue weighted by atomic mass is 32.2. The second-order valence-electron chi connectivity index (χ2n) is 5.80. The van der Waals surface area contributed by atoms with Crippen LogP contribution in [0.2, 0.25) is 0 Å². The minimum atomic E-state index is -4.00. The van der Waals surface area contributed by atoms with Crippen molar-refractivity contribution in [1.82, 2.24) is 0 Å². The van der Waals surface area contributed by atoms with E-state index in [9.17, 15) is 13.2 Å². The molecule has 0 heterocycles. The second kappa shape index (κ2) is 8.12. The summed E-state index contributed by atoms with van der Waals surface area (Å²) in [6.45, 7) is 0. The van der Waals surface area contributed by atoms with E-state index in [1.807, 2.05) is 30.3 Å². The largest absolute Gasteiger partial charge is 0.495 e. The molecule has 0 bridgehead atoms. The van der Waals surface area contributed by atoms with Crippen LogP contribution in [-0.4, -0.2) is 21.4 Å². The van der Waals surface area contributed by atoms with E-state index >= 15 is 0 Å². The highest BCUT2D eigenvalue weighted by Crippen LogP contribution is 2.27. The molecule has 7 nitrogen and oxygen atoms in total. The summed E-state index contributed by atoms with van der Waals surface area (Å²) in [5.41, 5.74) is 0.660. The van der Waals surface area contributed by atoms with E-state index < -0.39 is 15.9 Å². The average Bonchev–Trinajstić information content (AvgIpc) is 2.68. The molecule has 0 saturated heterocycles. The Morgan fingerprint density at radius 2 is 1.57 bits per heavy atom. The lowest BCUT2D eigenvalue weighted by Crippen LogP contribution is -2.15. The summed E-state index contributed by atoms with van der Waals surface area (Å²) < 4.78 is 34.0. The lowest BCUT2D eigenvalue weighted by Gasteiger charge is -2.11. The van der Waals surface area contributed by atoms with Gasteiger partial charge in [-0.15, -0.1) is 0 Å². The molecule has 0 spiro atoms. The van der Waals surface area contributed by atoms with Gasteiger partial charge in [0.05, 0.1) is 7.11 Å². The Labute approximate surface area is 162 Å². The molecule has 3 rings (SSSR count). The number of rotatable bonds is 6. The van der Waals surface area contributed by atoms with Crippen LogP contribution in [0, 0.1) is 0 Å². The van der Waals surface area contributed by atoms with Gasteiger partial charge in [-0.1, -0.05) is 18.2 Å². The smallest absolute Gasteiger partial charge is 0.255 e. The van der Waals surface area contributed by atoms with E-state index in [1.54, 1.807) is 24.3 Å². The maximum Gasteiger partial charge on any atom is 0.255 e. The highest BCUT2D eigenvalue weighted by molar-refractivity contribution is 7.89. The molecular weight excluding hydrogens is 380 g/mol. The lowest BCUT2D eigenvalue weighted by molar-refractivity contribution is 0.102. The fourth-order valence-corrected chi connectivity index (χ4v) is 3.20. The van der Waals surface area contributed by atoms with Gasteiger partial charge >= 0.3 is 0 Å². The van der Waals surface area contributed by atoms with E-state index in [1.165, 1.54) is 25.3 Å². The molecule has 0 atom stereocenters. The number of benzene rings is 3. The number of carbonyl (C=O) groups excluding carboxylic acids is 1. The van der Waals surface area contributed by atoms with Crippen molar-refractivity contribution in [3.8, 4) is 17.2 Å². The molecular formula is C20H18N2O5S. The minimum absolute atomic E-state index is 0.0999. The number of primary sulfonamides is 1. The van der Waals surface area contributed by atoms with Gasteiger partial charge in [0.2, 0.25) is 10.0 Å². The molecule has 144 valence electrons. The summed E-state index contributed by atoms with van der Waals surface area (Å²) in [7, 11) is -2.66. The molecule has 0 saturated carbocycles. The number of nitrogens with one attached hydrogen (secondary N) is 1. The van der Waals surface area contributed by atoms with Crippen LogP contribution in [-0.2, 0) is 10.0 Å². The molecule has 3 aromatic rings. The topological polar surface area (TPSA) is 108 Å². The Morgan fingerprint density at radius 1 is 0.929 bits per heavy atom. The van der Waals surface area contributed by atoms with Crippen molar-refractivity contribution in [2.45, 2.75) is 4.90 Å². The molecule has 3 aromatic carbocycles. The predicted molar refractivity (Wildman–Crippen MR) is 105 cm³/mol. The molecule has 0 aliphatic rings. The van der Waals surface area contributed by atoms with Crippen LogP contribution in [0.4, 0.5) is 5.69 Å². The number of sulfonamides is 1. The summed E-state index contributed by atoms with van der Waals surface area (Å²) >= 11 is 0. The fraction of sp³-hybridized carbons (Fsp3) is 0.0500. The second-order valence-corrected chi connectivity index (χ2v) is 7.33. The van der Waals surface area contributed by atoms with Gasteiger partial charge in [-0.25, -0.2) is 13.6 Å². The molecule has 0 unspecified atom stereocenters. The Balaban J connectivity index is 1.74. The molecule has 0 radical (unpaired) electrons. The summed E-state index contributed by atoms with van der Waals surface area (Å²) in [5, 5.41) is 7.83. The van der Waals surface area contributed by atoms with Crippen molar-refractivity contribution in [2.24, 2.45) is 5.14 Å². The molecule has 0 fully saturated rings. The molecule has 0 aliphatic heterocycles. The van der Waals surface area contributed by atoms with E-state index in [2.05, 4.69) is 5.32 Å². The molecule has 1 amide bonds. The molecule has 0 aromatic heterocycles. The third kappa shape index (κ3) is 4.67. The van der Waals surface area contributed by atoms with Crippen LogP contribution in [0.5, 0.6) is 17.2 Å². The van der Waals surface area contributed by atoms with Crippen molar-refractivity contribution in [3.05, 3.63) is 78.4 Å². The Bertz CT molecular complexity index is 1080. The normalized spacial score (nSPS) is 10.9. The standard InChI is InChI=1S/C20H18N2O5S/c1-26-18-12-9-15(13-19(18)28(21,24)25)22-20(23)14-7-10-17(11-8-14)27-16-5-3-2-4-6-16/h2-13H,1H3,(H,22,23)(H2,21,24,25). The Morgan fingerprint density at radius 3 is 2.18 bits per heavy atom. The Kier molecular flexibility index (Phi) is 5.62. The zero-order chi connectivity index (χ0) is 20.1. The third-order valence-electron chi connectivity index (χ3n) is 3.82.